The van der Waals surface area contributed by atoms with Gasteiger partial charge in [-0.1, -0.05) is 42.4 Å². The van der Waals surface area contributed by atoms with Gasteiger partial charge >= 0.3 is 0 Å². The zero-order chi connectivity index (χ0) is 17.4. The first kappa shape index (κ1) is 15.6. The van der Waals surface area contributed by atoms with Gasteiger partial charge in [0.25, 0.3) is 5.91 Å². The number of hydrogen-bond donors (Lipinski definition) is 0. The number of para-hydroxylation sites is 1. The van der Waals surface area contributed by atoms with Crippen LogP contribution in [0.2, 0.25) is 0 Å². The highest BCUT2D eigenvalue weighted by atomic mass is 16.5. The topological polar surface area (TPSA) is 59.2 Å². The maximum Gasteiger partial charge on any atom is 0.258 e. The Morgan fingerprint density at radius 1 is 1.20 bits per heavy atom. The number of nitrogens with zero attached hydrogens (tertiary/aromatic N) is 3. The van der Waals surface area contributed by atoms with Crippen LogP contribution in [0.5, 0.6) is 0 Å². The van der Waals surface area contributed by atoms with Gasteiger partial charge in [0.2, 0.25) is 11.7 Å². The maximum atomic E-state index is 13.0. The van der Waals surface area contributed by atoms with E-state index >= 15 is 0 Å². The molecule has 25 heavy (non-hydrogen) atoms. The van der Waals surface area contributed by atoms with Gasteiger partial charge in [-0.15, -0.1) is 0 Å². The van der Waals surface area contributed by atoms with Crippen LogP contribution >= 0.6 is 0 Å². The molecule has 0 spiro atoms. The van der Waals surface area contributed by atoms with Crippen LogP contribution in [-0.4, -0.2) is 22.1 Å². The molecule has 1 aliphatic heterocycles. The van der Waals surface area contributed by atoms with Gasteiger partial charge in [0.1, 0.15) is 0 Å². The second-order valence-corrected chi connectivity index (χ2v) is 6.30. The molecule has 2 aromatic carbocycles. The molecule has 0 fully saturated rings. The molecule has 2 heterocycles. The number of aromatic nitrogens is 2. The Morgan fingerprint density at radius 2 is 1.96 bits per heavy atom. The molecule has 0 saturated carbocycles. The maximum absolute atomic E-state index is 13.0. The zero-order valence-electron chi connectivity index (χ0n) is 14.3. The van der Waals surface area contributed by atoms with Crippen LogP contribution in [0.3, 0.4) is 0 Å². The van der Waals surface area contributed by atoms with Crippen LogP contribution in [0.1, 0.15) is 35.7 Å². The van der Waals surface area contributed by atoms with Crippen molar-refractivity contribution in [2.24, 2.45) is 0 Å². The summed E-state index contributed by atoms with van der Waals surface area (Å²) >= 11 is 0. The average molecular weight is 333 g/mol. The number of carbonyl (C=O) groups is 1. The summed E-state index contributed by atoms with van der Waals surface area (Å²) < 4.78 is 5.14. The summed E-state index contributed by atoms with van der Waals surface area (Å²) in [4.78, 5) is 19.2. The molecular formula is C20H19N3O2. The summed E-state index contributed by atoms with van der Waals surface area (Å²) in [5.41, 5.74) is 3.73. The van der Waals surface area contributed by atoms with Gasteiger partial charge in [0.05, 0.1) is 0 Å². The average Bonchev–Trinajstić information content (AvgIpc) is 3.25. The van der Waals surface area contributed by atoms with E-state index in [2.05, 4.69) is 23.1 Å². The van der Waals surface area contributed by atoms with Gasteiger partial charge in [0.15, 0.2) is 0 Å². The van der Waals surface area contributed by atoms with Crippen molar-refractivity contribution in [3.8, 4) is 11.4 Å². The molecule has 3 aromatic rings. The van der Waals surface area contributed by atoms with Crippen LogP contribution in [0.4, 0.5) is 5.69 Å². The van der Waals surface area contributed by atoms with Crippen molar-refractivity contribution < 1.29 is 9.32 Å². The number of amides is 1. The number of anilines is 1. The first-order chi connectivity index (χ1) is 12.2. The van der Waals surface area contributed by atoms with E-state index in [4.69, 9.17) is 4.52 Å². The minimum absolute atomic E-state index is 0.0198. The standard InChI is InChI=1S/C20H19N3O2/c1-3-18-21-19(22-25-18)14-8-10-15(11-9-14)20(24)23-13(2)12-16-6-4-5-7-17(16)23/h4-11,13H,3,12H2,1-2H3/t13-/m1/s1. The quantitative estimate of drug-likeness (QED) is 0.729. The number of benzene rings is 2. The molecule has 126 valence electrons. The molecule has 0 bridgehead atoms. The summed E-state index contributed by atoms with van der Waals surface area (Å²) in [7, 11) is 0. The van der Waals surface area contributed by atoms with Crippen LogP contribution in [0.15, 0.2) is 53.1 Å². The van der Waals surface area contributed by atoms with E-state index in [1.165, 1.54) is 5.56 Å². The lowest BCUT2D eigenvalue weighted by Gasteiger charge is -2.22. The Bertz CT molecular complexity index is 915. The van der Waals surface area contributed by atoms with E-state index < -0.39 is 0 Å². The van der Waals surface area contributed by atoms with E-state index in [0.717, 1.165) is 17.7 Å². The summed E-state index contributed by atoms with van der Waals surface area (Å²) in [5, 5.41) is 3.97. The number of fused-ring (bicyclic) bond motifs is 1. The summed E-state index contributed by atoms with van der Waals surface area (Å²) in [6.45, 7) is 4.05. The normalized spacial score (nSPS) is 16.1. The third-order valence-corrected chi connectivity index (χ3v) is 4.59. The second-order valence-electron chi connectivity index (χ2n) is 6.30. The molecule has 0 aliphatic carbocycles. The summed E-state index contributed by atoms with van der Waals surface area (Å²) in [6, 6.07) is 15.6. The Balaban J connectivity index is 1.61. The van der Waals surface area contributed by atoms with Gasteiger partial charge in [-0.2, -0.15) is 4.98 Å². The van der Waals surface area contributed by atoms with Crippen molar-refractivity contribution in [3.63, 3.8) is 0 Å². The lowest BCUT2D eigenvalue weighted by atomic mass is 10.1. The lowest BCUT2D eigenvalue weighted by molar-refractivity contribution is 0.0981. The Hall–Kier alpha value is -2.95. The smallest absolute Gasteiger partial charge is 0.258 e. The van der Waals surface area contributed by atoms with Crippen LogP contribution in [0, 0.1) is 0 Å². The Morgan fingerprint density at radius 3 is 2.68 bits per heavy atom. The summed E-state index contributed by atoms with van der Waals surface area (Å²) in [6.07, 6.45) is 1.60. The molecule has 0 unspecified atom stereocenters. The van der Waals surface area contributed by atoms with Gasteiger partial charge < -0.3 is 9.42 Å². The first-order valence-corrected chi connectivity index (χ1v) is 8.52. The number of hydrogen-bond acceptors (Lipinski definition) is 4. The molecular weight excluding hydrogens is 314 g/mol. The van der Waals surface area contributed by atoms with Crippen molar-refractivity contribution in [3.05, 3.63) is 65.5 Å². The van der Waals surface area contributed by atoms with Gasteiger partial charge in [-0.25, -0.2) is 0 Å². The number of carbonyl (C=O) groups excluding carboxylic acids is 1. The molecule has 1 aromatic heterocycles. The van der Waals surface area contributed by atoms with E-state index in [1.54, 1.807) is 0 Å². The monoisotopic (exact) mass is 333 g/mol. The number of aryl methyl sites for hydroxylation is 1. The van der Waals surface area contributed by atoms with Crippen LogP contribution in [0.25, 0.3) is 11.4 Å². The number of rotatable bonds is 3. The molecule has 0 radical (unpaired) electrons. The lowest BCUT2D eigenvalue weighted by Crippen LogP contribution is -2.35. The van der Waals surface area contributed by atoms with Crippen molar-refractivity contribution in [1.29, 1.82) is 0 Å². The van der Waals surface area contributed by atoms with Crippen molar-refractivity contribution >= 4 is 11.6 Å². The van der Waals surface area contributed by atoms with Gasteiger partial charge in [0, 0.05) is 29.3 Å². The predicted molar refractivity (Wildman–Crippen MR) is 95.5 cm³/mol. The second kappa shape index (κ2) is 6.16. The van der Waals surface area contributed by atoms with E-state index in [1.807, 2.05) is 54.3 Å². The van der Waals surface area contributed by atoms with Crippen molar-refractivity contribution in [1.82, 2.24) is 10.1 Å². The van der Waals surface area contributed by atoms with Crippen LogP contribution < -0.4 is 4.90 Å². The Labute approximate surface area is 146 Å². The minimum atomic E-state index is 0.0198. The van der Waals surface area contributed by atoms with Crippen LogP contribution in [-0.2, 0) is 12.8 Å². The molecule has 5 nitrogen and oxygen atoms in total. The highest BCUT2D eigenvalue weighted by Gasteiger charge is 2.31. The van der Waals surface area contributed by atoms with Crippen molar-refractivity contribution in [2.45, 2.75) is 32.7 Å². The molecule has 4 rings (SSSR count). The van der Waals surface area contributed by atoms with Gasteiger partial charge in [-0.3, -0.25) is 4.79 Å². The molecule has 5 heteroatoms. The fourth-order valence-corrected chi connectivity index (χ4v) is 3.29. The summed E-state index contributed by atoms with van der Waals surface area (Å²) in [5.74, 6) is 1.18. The third-order valence-electron chi connectivity index (χ3n) is 4.59. The zero-order valence-corrected chi connectivity index (χ0v) is 14.3. The van der Waals surface area contributed by atoms with E-state index in [0.29, 0.717) is 23.7 Å². The predicted octanol–water partition coefficient (Wildman–Crippen LogP) is 3.89. The fraction of sp³-hybridized carbons (Fsp3) is 0.250. The third kappa shape index (κ3) is 2.71. The SMILES string of the molecule is CCc1nc(-c2ccc(C(=O)N3c4ccccc4C[C@H]3C)cc2)no1. The highest BCUT2D eigenvalue weighted by molar-refractivity contribution is 6.07. The first-order valence-electron chi connectivity index (χ1n) is 8.52. The highest BCUT2D eigenvalue weighted by Crippen LogP contribution is 2.33. The molecule has 1 aliphatic rings. The molecule has 1 amide bonds. The molecule has 0 N–H and O–H groups in total. The largest absolute Gasteiger partial charge is 0.339 e. The minimum Gasteiger partial charge on any atom is -0.339 e. The van der Waals surface area contributed by atoms with E-state index in [9.17, 15) is 4.79 Å². The van der Waals surface area contributed by atoms with Gasteiger partial charge in [-0.05, 0) is 37.1 Å². The molecule has 1 atom stereocenters. The Kier molecular flexibility index (Phi) is 3.84. The van der Waals surface area contributed by atoms with Crippen molar-refractivity contribution in [2.75, 3.05) is 4.90 Å². The molecule has 0 saturated heterocycles. The van der Waals surface area contributed by atoms with E-state index in [-0.39, 0.29) is 11.9 Å². The fourth-order valence-electron chi connectivity index (χ4n) is 3.29.